The van der Waals surface area contributed by atoms with Gasteiger partial charge >= 0.3 is 296 Å². The normalized spacial score (nSPS) is 13.3. The number of benzene rings is 7. The second-order valence-corrected chi connectivity index (χ2v) is 13.7. The Morgan fingerprint density at radius 3 is 1.49 bits per heavy atom. The summed E-state index contributed by atoms with van der Waals surface area (Å²) in [5.74, 6) is 0.815. The first-order valence-electron chi connectivity index (χ1n) is 19.3. The molecule has 9 rings (SSSR count). The third-order valence-corrected chi connectivity index (χ3v) is 10.8. The second kappa shape index (κ2) is 12.6. The summed E-state index contributed by atoms with van der Waals surface area (Å²) in [6.07, 6.45) is 0. The number of aromatic nitrogens is 3. The van der Waals surface area contributed by atoms with Crippen LogP contribution in [0.4, 0.5) is 0 Å². The molecule has 0 unspecified atom stereocenters. The van der Waals surface area contributed by atoms with E-state index in [9.17, 15) is 1.37 Å². The Kier molecular flexibility index (Phi) is 5.81. The van der Waals surface area contributed by atoms with E-state index in [-0.39, 0.29) is 58.4 Å². The molecule has 3 nitrogen and oxygen atoms in total. The van der Waals surface area contributed by atoms with Crippen LogP contribution in [0.3, 0.4) is 0 Å². The maximum atomic E-state index is 9.24. The molecule has 7 aromatic carbocycles. The fourth-order valence-corrected chi connectivity index (χ4v) is 8.25. The van der Waals surface area contributed by atoms with Gasteiger partial charge in [0.1, 0.15) is 0 Å². The average molecular weight is 698 g/mol. The van der Waals surface area contributed by atoms with Crippen LogP contribution in [0.15, 0.2) is 176 Å². The molecule has 230 valence electrons. The summed E-state index contributed by atoms with van der Waals surface area (Å²) in [5.41, 5.74) is 7.63. The number of hydrogen-bond donors (Lipinski definition) is 0. The Hall–Kier alpha value is -5.93. The van der Waals surface area contributed by atoms with Crippen molar-refractivity contribution in [1.82, 2.24) is 15.0 Å². The number of nitrogens with zero attached hydrogens (tertiary/aromatic N) is 3. The fraction of sp³-hybridized carbons (Fsp3) is 0. The second-order valence-electron chi connectivity index (χ2n) is 11.5. The standard InChI is InChI=1S/C45H29N3Se/c1-4-13-30(14-5-1)33-23-25-34(26-24-33)43-46-44(48-45(47-43)40-21-12-20-39-38-19-10-11-22-41(38)49-42(39)40)37-28-35(31-15-6-2-7-16-31)27-36(29-37)32-17-8-3-9-18-32/h1-29H/i10D,11D,12D,19D,20D,21D,22D. The molecule has 0 N–H and O–H groups in total. The van der Waals surface area contributed by atoms with E-state index < -0.39 is 20.5 Å². The molecule has 49 heavy (non-hydrogen) atoms. The van der Waals surface area contributed by atoms with Gasteiger partial charge < -0.3 is 0 Å². The number of hydrogen-bond acceptors (Lipinski definition) is 3. The van der Waals surface area contributed by atoms with Gasteiger partial charge in [0.25, 0.3) is 0 Å². The quantitative estimate of drug-likeness (QED) is 0.162. The van der Waals surface area contributed by atoms with Crippen LogP contribution < -0.4 is 0 Å². The summed E-state index contributed by atoms with van der Waals surface area (Å²) in [5, 5.41) is 0.441. The third-order valence-electron chi connectivity index (χ3n) is 8.45. The molecule has 0 saturated carbocycles. The van der Waals surface area contributed by atoms with E-state index in [0.717, 1.165) is 33.4 Å². The summed E-state index contributed by atoms with van der Waals surface area (Å²) in [6, 6.07) is 42.1. The molecule has 9 aromatic rings. The van der Waals surface area contributed by atoms with Crippen LogP contribution in [-0.2, 0) is 0 Å². The Morgan fingerprint density at radius 1 is 0.388 bits per heavy atom. The summed E-state index contributed by atoms with van der Waals surface area (Å²) >= 11 is -0.742. The van der Waals surface area contributed by atoms with E-state index in [4.69, 9.17) is 23.2 Å². The first kappa shape index (κ1) is 22.6. The third kappa shape index (κ3) is 5.68. The van der Waals surface area contributed by atoms with Gasteiger partial charge in [0, 0.05) is 0 Å². The van der Waals surface area contributed by atoms with Gasteiger partial charge in [-0.3, -0.25) is 0 Å². The molecule has 2 heterocycles. The molecule has 0 radical (unpaired) electrons. The molecule has 2 aromatic heterocycles. The molecule has 0 aliphatic heterocycles. The van der Waals surface area contributed by atoms with Gasteiger partial charge in [-0.1, -0.05) is 6.07 Å². The van der Waals surface area contributed by atoms with Gasteiger partial charge in [-0.15, -0.1) is 0 Å². The van der Waals surface area contributed by atoms with Crippen molar-refractivity contribution in [3.63, 3.8) is 0 Å². The van der Waals surface area contributed by atoms with Gasteiger partial charge in [-0.05, 0) is 0 Å². The molecule has 0 amide bonds. The SMILES string of the molecule is [2H]c1c([2H])c([2H])c2c([se]c3c(-c4nc(-c5ccc(-c6ccccc6)cc5)nc(-c5cc(-c6ccccc6)cc(-c6ccccc6)c5)n4)c([2H])c([2H])c([2H])c32)c1[2H]. The molecule has 0 aliphatic carbocycles. The van der Waals surface area contributed by atoms with E-state index >= 15 is 0 Å². The van der Waals surface area contributed by atoms with Crippen molar-refractivity contribution in [2.24, 2.45) is 0 Å². The fourth-order valence-electron chi connectivity index (χ4n) is 6.03. The maximum absolute atomic E-state index is 9.24. The summed E-state index contributed by atoms with van der Waals surface area (Å²) in [7, 11) is 0. The Labute approximate surface area is 300 Å². The molecular formula is C45H29N3Se. The number of fused-ring (bicyclic) bond motifs is 3. The Morgan fingerprint density at radius 2 is 0.857 bits per heavy atom. The molecular weight excluding hydrogens is 661 g/mol. The van der Waals surface area contributed by atoms with E-state index in [1.54, 1.807) is 0 Å². The Bertz CT molecular complexity index is 2920. The Balaban J connectivity index is 1.34. The van der Waals surface area contributed by atoms with Crippen LogP contribution in [-0.4, -0.2) is 29.5 Å². The first-order valence-corrected chi connectivity index (χ1v) is 17.5. The van der Waals surface area contributed by atoms with Crippen molar-refractivity contribution >= 4 is 33.8 Å². The van der Waals surface area contributed by atoms with Crippen LogP contribution in [0.25, 0.3) is 86.8 Å². The van der Waals surface area contributed by atoms with Crippen LogP contribution in [0, 0.1) is 0 Å². The van der Waals surface area contributed by atoms with Gasteiger partial charge in [0.2, 0.25) is 0 Å². The molecule has 0 saturated heterocycles. The predicted molar refractivity (Wildman–Crippen MR) is 204 cm³/mol. The zero-order valence-electron chi connectivity index (χ0n) is 33.0. The average Bonchev–Trinajstić information content (AvgIpc) is 3.65. The van der Waals surface area contributed by atoms with E-state index in [0.29, 0.717) is 31.3 Å². The molecule has 0 fully saturated rings. The molecule has 0 aliphatic rings. The number of rotatable bonds is 6. The molecule has 0 atom stereocenters. The molecule has 4 heteroatoms. The zero-order chi connectivity index (χ0) is 38.7. The van der Waals surface area contributed by atoms with Crippen LogP contribution in [0.2, 0.25) is 0 Å². The van der Waals surface area contributed by atoms with Gasteiger partial charge in [0.05, 0.1) is 0 Å². The summed E-state index contributed by atoms with van der Waals surface area (Å²) in [4.78, 5) is 15.1. The van der Waals surface area contributed by atoms with Gasteiger partial charge in [-0.25, -0.2) is 0 Å². The summed E-state index contributed by atoms with van der Waals surface area (Å²) < 4.78 is 62.2. The monoisotopic (exact) mass is 698 g/mol. The summed E-state index contributed by atoms with van der Waals surface area (Å²) in [6.45, 7) is 0. The van der Waals surface area contributed by atoms with Crippen molar-refractivity contribution in [2.75, 3.05) is 0 Å². The predicted octanol–water partition coefficient (Wildman–Crippen LogP) is 11.2. The van der Waals surface area contributed by atoms with Crippen molar-refractivity contribution in [2.45, 2.75) is 0 Å². The van der Waals surface area contributed by atoms with Gasteiger partial charge in [0.15, 0.2) is 0 Å². The minimum atomic E-state index is -0.742. The van der Waals surface area contributed by atoms with Gasteiger partial charge in [-0.2, -0.15) is 0 Å². The zero-order valence-corrected chi connectivity index (χ0v) is 27.7. The first-order chi connectivity index (χ1) is 27.2. The van der Waals surface area contributed by atoms with Crippen LogP contribution in [0.5, 0.6) is 0 Å². The van der Waals surface area contributed by atoms with Crippen molar-refractivity contribution in [1.29, 1.82) is 0 Å². The van der Waals surface area contributed by atoms with Crippen molar-refractivity contribution in [3.05, 3.63) is 176 Å². The van der Waals surface area contributed by atoms with Crippen molar-refractivity contribution < 1.29 is 9.60 Å². The van der Waals surface area contributed by atoms with E-state index in [1.807, 2.05) is 127 Å². The molecule has 0 bridgehead atoms. The van der Waals surface area contributed by atoms with Crippen LogP contribution >= 0.6 is 0 Å². The van der Waals surface area contributed by atoms with E-state index in [2.05, 4.69) is 6.07 Å². The van der Waals surface area contributed by atoms with Crippen molar-refractivity contribution in [3.8, 4) is 67.5 Å². The molecule has 0 spiro atoms. The topological polar surface area (TPSA) is 38.7 Å². The van der Waals surface area contributed by atoms with E-state index in [1.165, 1.54) is 0 Å². The minimum absolute atomic E-state index is 0.128. The van der Waals surface area contributed by atoms with Crippen LogP contribution in [0.1, 0.15) is 9.60 Å².